The number of ether oxygens (including phenoxy) is 2. The number of aromatic nitrogens is 2. The Balaban J connectivity index is 1.90. The monoisotopic (exact) mass is 339 g/mol. The molecule has 1 aromatic heterocycles. The highest BCUT2D eigenvalue weighted by atomic mass is 16.5. The molecule has 3 N–H and O–H groups in total. The first-order valence-corrected chi connectivity index (χ1v) is 8.70. The molecule has 0 aliphatic rings. The van der Waals surface area contributed by atoms with Crippen LogP contribution in [0.4, 0.5) is 0 Å². The molecule has 0 bridgehead atoms. The molecule has 0 saturated heterocycles. The highest BCUT2D eigenvalue weighted by Gasteiger charge is 2.19. The van der Waals surface area contributed by atoms with Crippen molar-refractivity contribution in [3.63, 3.8) is 0 Å². The largest absolute Gasteiger partial charge is 0.493 e. The Bertz CT molecular complexity index is 796. The molecule has 1 atom stereocenters. The molecular weight excluding hydrogens is 314 g/mol. The minimum absolute atomic E-state index is 0.0866. The highest BCUT2D eigenvalue weighted by Crippen LogP contribution is 2.34. The molecular formula is C20H25N3O2. The van der Waals surface area contributed by atoms with Gasteiger partial charge >= 0.3 is 0 Å². The van der Waals surface area contributed by atoms with Gasteiger partial charge in [-0.2, -0.15) is 0 Å². The maximum absolute atomic E-state index is 6.06. The zero-order valence-corrected chi connectivity index (χ0v) is 14.8. The van der Waals surface area contributed by atoms with Gasteiger partial charge in [0.2, 0.25) is 0 Å². The lowest BCUT2D eigenvalue weighted by atomic mass is 9.97. The third-order valence-electron chi connectivity index (χ3n) is 4.28. The molecule has 0 fully saturated rings. The van der Waals surface area contributed by atoms with Crippen molar-refractivity contribution in [1.29, 1.82) is 0 Å². The van der Waals surface area contributed by atoms with Gasteiger partial charge in [-0.25, -0.2) is 4.98 Å². The quantitative estimate of drug-likeness (QED) is 0.657. The molecule has 0 amide bonds. The smallest absolute Gasteiger partial charge is 0.164 e. The summed E-state index contributed by atoms with van der Waals surface area (Å²) in [4.78, 5) is 8.10. The van der Waals surface area contributed by atoms with Crippen LogP contribution in [0, 0.1) is 0 Å². The Labute approximate surface area is 148 Å². The minimum atomic E-state index is 0.0866. The molecule has 5 nitrogen and oxygen atoms in total. The standard InChI is InChI=1S/C20H25N3O2/c1-3-11-25-19-14(7-6-10-18(19)24-2)12-15(13-21)20-22-16-8-4-5-9-17(16)23-20/h4-10,15H,3,11-13,21H2,1-2H3,(H,22,23). The number of hydrogen-bond donors (Lipinski definition) is 2. The van der Waals surface area contributed by atoms with Gasteiger partial charge in [-0.05, 0) is 36.6 Å². The molecule has 132 valence electrons. The summed E-state index contributed by atoms with van der Waals surface area (Å²) < 4.78 is 11.4. The maximum Gasteiger partial charge on any atom is 0.164 e. The second kappa shape index (κ2) is 8.03. The van der Waals surface area contributed by atoms with Gasteiger partial charge in [-0.3, -0.25) is 0 Å². The Kier molecular flexibility index (Phi) is 5.56. The third-order valence-corrected chi connectivity index (χ3v) is 4.28. The first-order chi connectivity index (χ1) is 12.3. The van der Waals surface area contributed by atoms with Crippen LogP contribution in [0.1, 0.15) is 30.7 Å². The number of rotatable bonds is 8. The van der Waals surface area contributed by atoms with Crippen molar-refractivity contribution in [3.8, 4) is 11.5 Å². The minimum Gasteiger partial charge on any atom is -0.493 e. The van der Waals surface area contributed by atoms with Crippen molar-refractivity contribution < 1.29 is 9.47 Å². The van der Waals surface area contributed by atoms with Gasteiger partial charge in [0, 0.05) is 12.5 Å². The highest BCUT2D eigenvalue weighted by molar-refractivity contribution is 5.74. The van der Waals surface area contributed by atoms with Crippen LogP contribution in [-0.4, -0.2) is 30.2 Å². The fraction of sp³-hybridized carbons (Fsp3) is 0.350. The van der Waals surface area contributed by atoms with Crippen LogP contribution in [0.15, 0.2) is 42.5 Å². The zero-order valence-electron chi connectivity index (χ0n) is 14.8. The molecule has 0 saturated carbocycles. The summed E-state index contributed by atoms with van der Waals surface area (Å²) in [6, 6.07) is 14.0. The van der Waals surface area contributed by atoms with E-state index in [1.165, 1.54) is 0 Å². The molecule has 0 radical (unpaired) electrons. The molecule has 1 unspecified atom stereocenters. The molecule has 3 aromatic rings. The van der Waals surface area contributed by atoms with Crippen LogP contribution in [0.2, 0.25) is 0 Å². The van der Waals surface area contributed by atoms with E-state index in [4.69, 9.17) is 20.2 Å². The molecule has 0 spiro atoms. The van der Waals surface area contributed by atoms with E-state index in [1.54, 1.807) is 7.11 Å². The summed E-state index contributed by atoms with van der Waals surface area (Å²) >= 11 is 0. The SMILES string of the molecule is CCCOc1c(CC(CN)c2nc3ccccc3[nH]2)cccc1OC. The average molecular weight is 339 g/mol. The van der Waals surface area contributed by atoms with Gasteiger partial charge in [-0.1, -0.05) is 31.2 Å². The predicted octanol–water partition coefficient (Wildman–Crippen LogP) is 3.65. The van der Waals surface area contributed by atoms with E-state index in [-0.39, 0.29) is 5.92 Å². The number of nitrogens with one attached hydrogen (secondary N) is 1. The van der Waals surface area contributed by atoms with Crippen LogP contribution in [0.3, 0.4) is 0 Å². The molecule has 5 heteroatoms. The molecule has 0 aliphatic carbocycles. The van der Waals surface area contributed by atoms with Crippen molar-refractivity contribution in [2.75, 3.05) is 20.3 Å². The molecule has 2 aromatic carbocycles. The van der Waals surface area contributed by atoms with E-state index in [1.807, 2.05) is 36.4 Å². The lowest BCUT2D eigenvalue weighted by Gasteiger charge is -2.18. The fourth-order valence-electron chi connectivity index (χ4n) is 2.97. The number of aromatic amines is 1. The second-order valence-electron chi connectivity index (χ2n) is 6.07. The number of methoxy groups -OCH3 is 1. The predicted molar refractivity (Wildman–Crippen MR) is 100 cm³/mol. The van der Waals surface area contributed by atoms with Crippen LogP contribution >= 0.6 is 0 Å². The summed E-state index contributed by atoms with van der Waals surface area (Å²) in [5.41, 5.74) is 9.14. The van der Waals surface area contributed by atoms with Crippen molar-refractivity contribution >= 4 is 11.0 Å². The molecule has 3 rings (SSSR count). The summed E-state index contributed by atoms with van der Waals surface area (Å²) in [6.45, 7) is 3.25. The van der Waals surface area contributed by atoms with Gasteiger partial charge in [0.05, 0.1) is 24.8 Å². The van der Waals surface area contributed by atoms with E-state index in [2.05, 4.69) is 18.0 Å². The zero-order chi connectivity index (χ0) is 17.6. The summed E-state index contributed by atoms with van der Waals surface area (Å²) in [5, 5.41) is 0. The average Bonchev–Trinajstić information content (AvgIpc) is 3.08. The van der Waals surface area contributed by atoms with Crippen LogP contribution in [0.5, 0.6) is 11.5 Å². The van der Waals surface area contributed by atoms with E-state index >= 15 is 0 Å². The van der Waals surface area contributed by atoms with E-state index in [0.29, 0.717) is 13.2 Å². The normalized spacial score (nSPS) is 12.3. The van der Waals surface area contributed by atoms with Crippen molar-refractivity contribution in [3.05, 3.63) is 53.9 Å². The first kappa shape index (κ1) is 17.3. The van der Waals surface area contributed by atoms with E-state index < -0.39 is 0 Å². The van der Waals surface area contributed by atoms with Crippen LogP contribution in [0.25, 0.3) is 11.0 Å². The summed E-state index contributed by atoms with van der Waals surface area (Å²) in [7, 11) is 1.66. The fourth-order valence-corrected chi connectivity index (χ4v) is 2.97. The number of benzene rings is 2. The lowest BCUT2D eigenvalue weighted by molar-refractivity contribution is 0.290. The molecule has 25 heavy (non-hydrogen) atoms. The van der Waals surface area contributed by atoms with Gasteiger partial charge in [0.1, 0.15) is 5.82 Å². The third kappa shape index (κ3) is 3.77. The van der Waals surface area contributed by atoms with E-state index in [0.717, 1.165) is 46.8 Å². The maximum atomic E-state index is 6.06. The van der Waals surface area contributed by atoms with Gasteiger partial charge in [0.15, 0.2) is 11.5 Å². The van der Waals surface area contributed by atoms with Gasteiger partial charge in [-0.15, -0.1) is 0 Å². The van der Waals surface area contributed by atoms with Gasteiger partial charge < -0.3 is 20.2 Å². The van der Waals surface area contributed by atoms with Gasteiger partial charge in [0.25, 0.3) is 0 Å². The Morgan fingerprint density at radius 2 is 2.00 bits per heavy atom. The number of para-hydroxylation sites is 3. The number of fused-ring (bicyclic) bond motifs is 1. The molecule has 0 aliphatic heterocycles. The topological polar surface area (TPSA) is 73.2 Å². The Hall–Kier alpha value is -2.53. The van der Waals surface area contributed by atoms with Crippen LogP contribution < -0.4 is 15.2 Å². The second-order valence-corrected chi connectivity index (χ2v) is 6.07. The number of imidazole rings is 1. The number of nitrogens with two attached hydrogens (primary N) is 1. The number of nitrogens with zero attached hydrogens (tertiary/aromatic N) is 1. The number of hydrogen-bond acceptors (Lipinski definition) is 4. The first-order valence-electron chi connectivity index (χ1n) is 8.70. The summed E-state index contributed by atoms with van der Waals surface area (Å²) in [6.07, 6.45) is 1.69. The molecule has 1 heterocycles. The van der Waals surface area contributed by atoms with Crippen molar-refractivity contribution in [1.82, 2.24) is 9.97 Å². The van der Waals surface area contributed by atoms with Crippen molar-refractivity contribution in [2.45, 2.75) is 25.7 Å². The Morgan fingerprint density at radius 1 is 1.16 bits per heavy atom. The Morgan fingerprint density at radius 3 is 2.72 bits per heavy atom. The van der Waals surface area contributed by atoms with Crippen LogP contribution in [-0.2, 0) is 6.42 Å². The van der Waals surface area contributed by atoms with Crippen molar-refractivity contribution in [2.24, 2.45) is 5.73 Å². The van der Waals surface area contributed by atoms with E-state index in [9.17, 15) is 0 Å². The lowest BCUT2D eigenvalue weighted by Crippen LogP contribution is -2.17. The number of H-pyrrole nitrogens is 1. The summed E-state index contributed by atoms with van der Waals surface area (Å²) in [5.74, 6) is 2.56.